The molecule has 13 aromatic rings. The van der Waals surface area contributed by atoms with Gasteiger partial charge in [-0.25, -0.2) is 9.97 Å². The Hall–Kier alpha value is -9.52. The molecule has 0 unspecified atom stereocenters. The van der Waals surface area contributed by atoms with Crippen molar-refractivity contribution in [1.29, 1.82) is 0 Å². The lowest BCUT2D eigenvalue weighted by atomic mass is 9.91. The van der Waals surface area contributed by atoms with E-state index in [-0.39, 0.29) is 0 Å². The van der Waals surface area contributed by atoms with Gasteiger partial charge in [-0.15, -0.1) is 22.7 Å². The fourth-order valence-electron chi connectivity index (χ4n) is 9.56. The number of benzene rings is 11. The van der Waals surface area contributed by atoms with Crippen LogP contribution in [0, 0.1) is 88.9 Å². The summed E-state index contributed by atoms with van der Waals surface area (Å²) in [4.78, 5) is 9.12. The van der Waals surface area contributed by atoms with E-state index in [4.69, 9.17) is 0 Å². The SMILES string of the molecule is Cc1c2ccccc2c(C#Cc2c3ccccc3c(C)c3ccccc23)c2ccccc12.Cc1ccc(C#Cc2ccc(C#Cc3ccc(C)cc3)cc2)cc1.Cc1ccc2nc(C#Cc3nc4ccc(C)cc4s3)sc2c1. The van der Waals surface area contributed by atoms with E-state index in [1.165, 1.54) is 85.9 Å². The van der Waals surface area contributed by atoms with E-state index in [0.29, 0.717) is 0 Å². The van der Waals surface area contributed by atoms with E-state index in [1.54, 1.807) is 22.7 Å². The zero-order valence-corrected chi connectivity index (χ0v) is 46.0. The van der Waals surface area contributed by atoms with E-state index in [0.717, 1.165) is 54.4 Å². The summed E-state index contributed by atoms with van der Waals surface area (Å²) in [6, 6.07) is 71.6. The number of rotatable bonds is 0. The second kappa shape index (κ2) is 22.8. The first-order valence-corrected chi connectivity index (χ1v) is 27.6. The number of aryl methyl sites for hydroxylation is 6. The zero-order chi connectivity index (χ0) is 53.5. The van der Waals surface area contributed by atoms with E-state index >= 15 is 0 Å². The lowest BCUT2D eigenvalue weighted by molar-refractivity contribution is 1.42. The fourth-order valence-corrected chi connectivity index (χ4v) is 11.4. The standard InChI is InChI=1S/C32H22.C24H18.C18H12N2S2/c1-21-23-11-3-7-15-27(23)31(28-16-8-4-12-24(21)28)19-20-32-29-17-9-5-13-25(29)22(2)26-14-6-10-18-30(26)32;1-19-3-7-21(8-4-19)11-13-23-15-17-24(18-16-23)14-12-22-9-5-20(2)6-10-22;1-11-3-5-13-15(9-11)21-17(19-13)7-8-18-20-14-6-4-12(2)10-16(14)22-18/h3-18H,1-2H3;3-10,15-18H,1-2H3;3-6,9-10H,1-2H3. The average molecular weight is 1030 g/mol. The topological polar surface area (TPSA) is 25.8 Å². The minimum atomic E-state index is 0.844. The minimum Gasteiger partial charge on any atom is -0.228 e. The molecule has 2 heterocycles. The summed E-state index contributed by atoms with van der Waals surface area (Å²) < 4.78 is 2.37. The van der Waals surface area contributed by atoms with E-state index in [1.807, 2.05) is 60.7 Å². The number of nitrogens with zero attached hydrogens (tertiary/aromatic N) is 2. The van der Waals surface area contributed by atoms with Gasteiger partial charge in [0.2, 0.25) is 0 Å². The zero-order valence-electron chi connectivity index (χ0n) is 44.3. The number of hydrogen-bond acceptors (Lipinski definition) is 4. The van der Waals surface area contributed by atoms with Crippen molar-refractivity contribution in [2.75, 3.05) is 0 Å². The third-order valence-electron chi connectivity index (χ3n) is 13.8. The highest BCUT2D eigenvalue weighted by Crippen LogP contribution is 2.35. The Morgan fingerprint density at radius 1 is 0.269 bits per heavy atom. The quantitative estimate of drug-likeness (QED) is 0.112. The van der Waals surface area contributed by atoms with Gasteiger partial charge in [-0.1, -0.05) is 180 Å². The van der Waals surface area contributed by atoms with E-state index in [2.05, 4.69) is 244 Å². The summed E-state index contributed by atoms with van der Waals surface area (Å²) in [6.45, 7) is 12.8. The maximum absolute atomic E-state index is 4.56. The van der Waals surface area contributed by atoms with Crippen LogP contribution in [0.5, 0.6) is 0 Å². The highest BCUT2D eigenvalue weighted by molar-refractivity contribution is 7.19. The Kier molecular flexibility index (Phi) is 14.8. The van der Waals surface area contributed by atoms with Crippen molar-refractivity contribution in [1.82, 2.24) is 9.97 Å². The Balaban J connectivity index is 0.000000127. The second-order valence-corrected chi connectivity index (χ2v) is 21.5. The van der Waals surface area contributed by atoms with Crippen molar-refractivity contribution < 1.29 is 0 Å². The van der Waals surface area contributed by atoms with Crippen LogP contribution in [0.3, 0.4) is 0 Å². The van der Waals surface area contributed by atoms with Crippen molar-refractivity contribution >= 4 is 86.2 Å². The van der Waals surface area contributed by atoms with Gasteiger partial charge in [0.1, 0.15) is 0 Å². The van der Waals surface area contributed by atoms with Crippen LogP contribution in [0.1, 0.15) is 76.8 Å². The molecule has 0 N–H and O–H groups in total. The molecule has 4 heteroatoms. The van der Waals surface area contributed by atoms with Gasteiger partial charge in [0.15, 0.2) is 10.0 Å². The van der Waals surface area contributed by atoms with Gasteiger partial charge < -0.3 is 0 Å². The molecule has 0 saturated heterocycles. The monoisotopic (exact) mass is 1030 g/mol. The van der Waals surface area contributed by atoms with E-state index < -0.39 is 0 Å². The van der Waals surface area contributed by atoms with Gasteiger partial charge in [-0.2, -0.15) is 0 Å². The van der Waals surface area contributed by atoms with Crippen LogP contribution in [0.25, 0.3) is 63.5 Å². The first-order valence-electron chi connectivity index (χ1n) is 26.0. The lowest BCUT2D eigenvalue weighted by Gasteiger charge is -2.12. The molecular weight excluding hydrogens is 981 g/mol. The van der Waals surface area contributed by atoms with Crippen molar-refractivity contribution in [3.8, 4) is 47.4 Å². The predicted molar refractivity (Wildman–Crippen MR) is 334 cm³/mol. The number of hydrogen-bond donors (Lipinski definition) is 0. The molecule has 0 saturated carbocycles. The minimum absolute atomic E-state index is 0.844. The van der Waals surface area contributed by atoms with Gasteiger partial charge in [-0.05, 0) is 192 Å². The number of thiazole rings is 2. The summed E-state index contributed by atoms with van der Waals surface area (Å²) in [5.41, 5.74) is 15.9. The number of fused-ring (bicyclic) bond motifs is 6. The molecular formula is C74H52N2S2. The third kappa shape index (κ3) is 11.3. The van der Waals surface area contributed by atoms with Gasteiger partial charge >= 0.3 is 0 Å². The van der Waals surface area contributed by atoms with E-state index in [9.17, 15) is 0 Å². The molecule has 0 aliphatic carbocycles. The summed E-state index contributed by atoms with van der Waals surface area (Å²) in [6.07, 6.45) is 0. The fraction of sp³-hybridized carbons (Fsp3) is 0.0811. The molecule has 0 radical (unpaired) electrons. The molecule has 2 aromatic heterocycles. The first-order chi connectivity index (χ1) is 38.1. The molecule has 0 atom stereocenters. The summed E-state index contributed by atoms with van der Waals surface area (Å²) in [7, 11) is 0. The normalized spacial score (nSPS) is 10.5. The van der Waals surface area contributed by atoms with Gasteiger partial charge in [0, 0.05) is 33.4 Å². The van der Waals surface area contributed by atoms with Crippen LogP contribution in [-0.2, 0) is 0 Å². The third-order valence-corrected chi connectivity index (χ3v) is 15.6. The largest absolute Gasteiger partial charge is 0.228 e. The summed E-state index contributed by atoms with van der Waals surface area (Å²) in [5, 5.41) is 11.7. The van der Waals surface area contributed by atoms with Crippen LogP contribution in [0.2, 0.25) is 0 Å². The smallest absolute Gasteiger partial charge is 0.168 e. The molecule has 0 aliphatic heterocycles. The highest BCUT2D eigenvalue weighted by Gasteiger charge is 2.12. The van der Waals surface area contributed by atoms with Crippen molar-refractivity contribution in [3.63, 3.8) is 0 Å². The maximum atomic E-state index is 4.56. The van der Waals surface area contributed by atoms with Crippen molar-refractivity contribution in [2.45, 2.75) is 41.5 Å². The Bertz CT molecular complexity index is 4270. The second-order valence-electron chi connectivity index (χ2n) is 19.5. The summed E-state index contributed by atoms with van der Waals surface area (Å²) >= 11 is 3.26. The van der Waals surface area contributed by atoms with Gasteiger partial charge in [0.25, 0.3) is 0 Å². The van der Waals surface area contributed by atoms with Crippen LogP contribution in [-0.4, -0.2) is 9.97 Å². The molecule has 0 spiro atoms. The van der Waals surface area contributed by atoms with Crippen LogP contribution in [0.15, 0.2) is 206 Å². The molecule has 0 fully saturated rings. The molecule has 0 bridgehead atoms. The Labute approximate surface area is 465 Å². The van der Waals surface area contributed by atoms with Gasteiger partial charge in [-0.3, -0.25) is 0 Å². The molecule has 13 rings (SSSR count). The molecule has 0 amide bonds. The van der Waals surface area contributed by atoms with Crippen LogP contribution < -0.4 is 0 Å². The van der Waals surface area contributed by atoms with Crippen molar-refractivity contribution in [3.05, 3.63) is 283 Å². The molecule has 78 heavy (non-hydrogen) atoms. The molecule has 2 nitrogen and oxygen atoms in total. The molecule has 11 aromatic carbocycles. The highest BCUT2D eigenvalue weighted by atomic mass is 32.1. The lowest BCUT2D eigenvalue weighted by Crippen LogP contribution is -1.91. The average Bonchev–Trinajstić information content (AvgIpc) is 4.11. The van der Waals surface area contributed by atoms with Crippen LogP contribution >= 0.6 is 22.7 Å². The summed E-state index contributed by atoms with van der Waals surface area (Å²) in [5.74, 6) is 26.3. The molecule has 0 aliphatic rings. The molecule has 370 valence electrons. The van der Waals surface area contributed by atoms with Crippen LogP contribution in [0.4, 0.5) is 0 Å². The maximum Gasteiger partial charge on any atom is 0.168 e. The first kappa shape index (κ1) is 50.6. The number of aromatic nitrogens is 2. The Morgan fingerprint density at radius 2 is 0.538 bits per heavy atom. The Morgan fingerprint density at radius 3 is 0.846 bits per heavy atom. The predicted octanol–water partition coefficient (Wildman–Crippen LogP) is 18.3. The van der Waals surface area contributed by atoms with Crippen molar-refractivity contribution in [2.24, 2.45) is 0 Å². The van der Waals surface area contributed by atoms with Gasteiger partial charge in [0.05, 0.1) is 20.4 Å².